The van der Waals surface area contributed by atoms with Crippen molar-refractivity contribution in [3.8, 4) is 22.8 Å². The maximum atomic E-state index is 10.8. The summed E-state index contributed by atoms with van der Waals surface area (Å²) in [6, 6.07) is 5.31. The van der Waals surface area contributed by atoms with Crippen LogP contribution in [0.1, 0.15) is 5.56 Å². The Morgan fingerprint density at radius 1 is 1.37 bits per heavy atom. The number of hydrogen-bond donors (Lipinski definition) is 2. The Morgan fingerprint density at radius 3 is 2.79 bits per heavy atom. The number of carbonyl (C=O) groups is 1. The van der Waals surface area contributed by atoms with Crippen molar-refractivity contribution in [2.24, 2.45) is 0 Å². The van der Waals surface area contributed by atoms with Gasteiger partial charge in [0.15, 0.2) is 0 Å². The standard InChI is InChI=1S/C13H14N2O4/c1-18-9-3-4-11(19-2)10(6-9)13-8(5-12(16)17)7-14-15-13/h3-4,6-7H,5H2,1-2H3,(H,14,15)(H,16,17). The monoisotopic (exact) mass is 262 g/mol. The van der Waals surface area contributed by atoms with Crippen LogP contribution in [0.5, 0.6) is 11.5 Å². The molecule has 100 valence electrons. The molecule has 0 amide bonds. The molecule has 0 atom stereocenters. The molecule has 2 rings (SSSR count). The molecule has 0 fully saturated rings. The van der Waals surface area contributed by atoms with Crippen LogP contribution in [0.3, 0.4) is 0 Å². The number of H-pyrrole nitrogens is 1. The van der Waals surface area contributed by atoms with Gasteiger partial charge in [0.05, 0.1) is 32.5 Å². The summed E-state index contributed by atoms with van der Waals surface area (Å²) in [7, 11) is 3.12. The number of benzene rings is 1. The highest BCUT2D eigenvalue weighted by molar-refractivity contribution is 5.77. The second kappa shape index (κ2) is 5.43. The summed E-state index contributed by atoms with van der Waals surface area (Å²) in [5.74, 6) is 0.368. The number of aromatic amines is 1. The summed E-state index contributed by atoms with van der Waals surface area (Å²) < 4.78 is 10.4. The number of methoxy groups -OCH3 is 2. The van der Waals surface area contributed by atoms with Gasteiger partial charge in [-0.2, -0.15) is 5.10 Å². The molecular formula is C13H14N2O4. The molecule has 19 heavy (non-hydrogen) atoms. The molecule has 6 nitrogen and oxygen atoms in total. The molecule has 0 radical (unpaired) electrons. The van der Waals surface area contributed by atoms with Crippen LogP contribution >= 0.6 is 0 Å². The molecule has 0 saturated heterocycles. The predicted octanol–water partition coefficient (Wildman–Crippen LogP) is 1.72. The Morgan fingerprint density at radius 2 is 2.16 bits per heavy atom. The molecule has 2 aromatic rings. The number of carboxylic acid groups (broad SMARTS) is 1. The van der Waals surface area contributed by atoms with E-state index in [9.17, 15) is 4.79 Å². The van der Waals surface area contributed by atoms with Gasteiger partial charge in [-0.15, -0.1) is 0 Å². The minimum Gasteiger partial charge on any atom is -0.497 e. The van der Waals surface area contributed by atoms with Gasteiger partial charge in [-0.3, -0.25) is 9.89 Å². The van der Waals surface area contributed by atoms with Gasteiger partial charge in [-0.1, -0.05) is 0 Å². The first-order valence-electron chi connectivity index (χ1n) is 5.62. The van der Waals surface area contributed by atoms with Gasteiger partial charge in [0, 0.05) is 11.1 Å². The van der Waals surface area contributed by atoms with Gasteiger partial charge in [0.1, 0.15) is 11.5 Å². The summed E-state index contributed by atoms with van der Waals surface area (Å²) in [6.07, 6.45) is 1.40. The van der Waals surface area contributed by atoms with Crippen molar-refractivity contribution in [3.63, 3.8) is 0 Å². The highest BCUT2D eigenvalue weighted by Gasteiger charge is 2.15. The van der Waals surface area contributed by atoms with E-state index in [2.05, 4.69) is 10.2 Å². The Bertz CT molecular complexity index is 592. The summed E-state index contributed by atoms with van der Waals surface area (Å²) in [5.41, 5.74) is 1.94. The van der Waals surface area contributed by atoms with E-state index < -0.39 is 5.97 Å². The summed E-state index contributed by atoms with van der Waals surface area (Å²) in [5, 5.41) is 15.6. The van der Waals surface area contributed by atoms with E-state index in [1.165, 1.54) is 6.20 Å². The van der Waals surface area contributed by atoms with Crippen LogP contribution in [0.2, 0.25) is 0 Å². The van der Waals surface area contributed by atoms with E-state index >= 15 is 0 Å². The Labute approximate surface area is 110 Å². The Balaban J connectivity index is 2.51. The van der Waals surface area contributed by atoms with Gasteiger partial charge in [0.2, 0.25) is 0 Å². The van der Waals surface area contributed by atoms with Crippen LogP contribution < -0.4 is 9.47 Å². The van der Waals surface area contributed by atoms with Crippen LogP contribution in [0.15, 0.2) is 24.4 Å². The van der Waals surface area contributed by atoms with Crippen molar-refractivity contribution in [3.05, 3.63) is 30.0 Å². The van der Waals surface area contributed by atoms with E-state index in [1.54, 1.807) is 32.4 Å². The molecule has 0 aliphatic heterocycles. The van der Waals surface area contributed by atoms with Crippen LogP contribution in [-0.2, 0) is 11.2 Å². The number of nitrogens with one attached hydrogen (secondary N) is 1. The van der Waals surface area contributed by atoms with Crippen LogP contribution in [0.4, 0.5) is 0 Å². The molecule has 0 spiro atoms. The van der Waals surface area contributed by atoms with Gasteiger partial charge >= 0.3 is 5.97 Å². The predicted molar refractivity (Wildman–Crippen MR) is 68.5 cm³/mol. The first-order valence-corrected chi connectivity index (χ1v) is 5.62. The number of carboxylic acids is 1. The highest BCUT2D eigenvalue weighted by Crippen LogP contribution is 2.34. The van der Waals surface area contributed by atoms with Gasteiger partial charge in [-0.05, 0) is 18.2 Å². The Kier molecular flexibility index (Phi) is 3.70. The molecule has 1 aromatic heterocycles. The minimum atomic E-state index is -0.912. The third-order valence-corrected chi connectivity index (χ3v) is 2.74. The molecule has 6 heteroatoms. The zero-order chi connectivity index (χ0) is 13.8. The minimum absolute atomic E-state index is 0.105. The molecule has 0 aliphatic rings. The van der Waals surface area contributed by atoms with Gasteiger partial charge < -0.3 is 14.6 Å². The van der Waals surface area contributed by atoms with Gasteiger partial charge in [0.25, 0.3) is 0 Å². The fourth-order valence-electron chi connectivity index (χ4n) is 1.85. The first-order chi connectivity index (χ1) is 9.15. The zero-order valence-corrected chi connectivity index (χ0v) is 10.6. The van der Waals surface area contributed by atoms with Crippen molar-refractivity contribution < 1.29 is 19.4 Å². The van der Waals surface area contributed by atoms with Crippen LogP contribution in [0.25, 0.3) is 11.3 Å². The number of rotatable bonds is 5. The SMILES string of the molecule is COc1ccc(OC)c(-c2[nH]ncc2CC(=O)O)c1. The van der Waals surface area contributed by atoms with Crippen molar-refractivity contribution >= 4 is 5.97 Å². The van der Waals surface area contributed by atoms with Gasteiger partial charge in [-0.25, -0.2) is 0 Å². The first kappa shape index (κ1) is 12.9. The van der Waals surface area contributed by atoms with E-state index in [0.717, 1.165) is 5.56 Å². The smallest absolute Gasteiger partial charge is 0.307 e. The largest absolute Gasteiger partial charge is 0.497 e. The molecular weight excluding hydrogens is 248 g/mol. The second-order valence-electron chi connectivity index (χ2n) is 3.91. The average Bonchev–Trinajstić information content (AvgIpc) is 2.85. The maximum Gasteiger partial charge on any atom is 0.307 e. The molecule has 0 bridgehead atoms. The fraction of sp³-hybridized carbons (Fsp3) is 0.231. The summed E-state index contributed by atoms with van der Waals surface area (Å²) in [6.45, 7) is 0. The van der Waals surface area contributed by atoms with Crippen molar-refractivity contribution in [2.45, 2.75) is 6.42 Å². The molecule has 1 heterocycles. The topological polar surface area (TPSA) is 84.4 Å². The third-order valence-electron chi connectivity index (χ3n) is 2.74. The van der Waals surface area contributed by atoms with E-state index in [1.807, 2.05) is 0 Å². The normalized spacial score (nSPS) is 10.2. The fourth-order valence-corrected chi connectivity index (χ4v) is 1.85. The summed E-state index contributed by atoms with van der Waals surface area (Å²) >= 11 is 0. The summed E-state index contributed by atoms with van der Waals surface area (Å²) in [4.78, 5) is 10.8. The van der Waals surface area contributed by atoms with E-state index in [0.29, 0.717) is 22.8 Å². The maximum absolute atomic E-state index is 10.8. The lowest BCUT2D eigenvalue weighted by Crippen LogP contribution is -2.01. The number of aliphatic carboxylic acids is 1. The van der Waals surface area contributed by atoms with E-state index in [-0.39, 0.29) is 6.42 Å². The molecule has 0 unspecified atom stereocenters. The lowest BCUT2D eigenvalue weighted by molar-refractivity contribution is -0.136. The van der Waals surface area contributed by atoms with Crippen molar-refractivity contribution in [1.29, 1.82) is 0 Å². The molecule has 1 aromatic carbocycles. The van der Waals surface area contributed by atoms with E-state index in [4.69, 9.17) is 14.6 Å². The lowest BCUT2D eigenvalue weighted by Gasteiger charge is -2.10. The zero-order valence-electron chi connectivity index (χ0n) is 10.6. The van der Waals surface area contributed by atoms with Crippen LogP contribution in [-0.4, -0.2) is 35.5 Å². The average molecular weight is 262 g/mol. The third kappa shape index (κ3) is 2.67. The molecule has 0 aliphatic carbocycles. The number of ether oxygens (including phenoxy) is 2. The second-order valence-corrected chi connectivity index (χ2v) is 3.91. The Hall–Kier alpha value is -2.50. The van der Waals surface area contributed by atoms with Crippen molar-refractivity contribution in [1.82, 2.24) is 10.2 Å². The highest BCUT2D eigenvalue weighted by atomic mass is 16.5. The van der Waals surface area contributed by atoms with Crippen molar-refractivity contribution in [2.75, 3.05) is 14.2 Å². The number of nitrogens with zero attached hydrogens (tertiary/aromatic N) is 1. The number of hydrogen-bond acceptors (Lipinski definition) is 4. The molecule has 0 saturated carbocycles. The molecule has 2 N–H and O–H groups in total. The lowest BCUT2D eigenvalue weighted by atomic mass is 10.0. The quantitative estimate of drug-likeness (QED) is 0.857. The van der Waals surface area contributed by atoms with Crippen LogP contribution in [0, 0.1) is 0 Å². The number of aromatic nitrogens is 2.